The number of ether oxygens (including phenoxy) is 1. The van der Waals surface area contributed by atoms with Gasteiger partial charge < -0.3 is 19.1 Å². The van der Waals surface area contributed by atoms with Crippen LogP contribution in [0.4, 0.5) is 5.69 Å². The summed E-state index contributed by atoms with van der Waals surface area (Å²) in [6, 6.07) is 9.15. The zero-order valence-corrected chi connectivity index (χ0v) is 19.0. The van der Waals surface area contributed by atoms with Gasteiger partial charge in [-0.25, -0.2) is 13.2 Å². The molecule has 33 heavy (non-hydrogen) atoms. The zero-order valence-electron chi connectivity index (χ0n) is 18.2. The van der Waals surface area contributed by atoms with Crippen molar-refractivity contribution in [3.63, 3.8) is 0 Å². The Labute approximate surface area is 191 Å². The molecule has 1 aliphatic rings. The molecule has 1 N–H and O–H groups in total. The molecule has 1 amide bonds. The van der Waals surface area contributed by atoms with Gasteiger partial charge in [-0.05, 0) is 38.0 Å². The summed E-state index contributed by atoms with van der Waals surface area (Å²) in [5, 5.41) is 6.49. The van der Waals surface area contributed by atoms with Crippen LogP contribution in [0.1, 0.15) is 30.3 Å². The molecule has 174 valence electrons. The van der Waals surface area contributed by atoms with Crippen LogP contribution in [0.15, 0.2) is 58.2 Å². The summed E-state index contributed by atoms with van der Waals surface area (Å²) < 4.78 is 39.4. The summed E-state index contributed by atoms with van der Waals surface area (Å²) in [4.78, 5) is 25.1. The molecule has 1 atom stereocenters. The number of anilines is 1. The van der Waals surface area contributed by atoms with Gasteiger partial charge in [-0.2, -0.15) is 4.31 Å². The lowest BCUT2D eigenvalue weighted by Crippen LogP contribution is -2.43. The second-order valence-corrected chi connectivity index (χ2v) is 9.50. The first-order chi connectivity index (χ1) is 15.8. The molecule has 1 aliphatic heterocycles. The van der Waals surface area contributed by atoms with Crippen LogP contribution in [0.5, 0.6) is 0 Å². The molecule has 0 saturated carbocycles. The van der Waals surface area contributed by atoms with E-state index >= 15 is 0 Å². The number of esters is 1. The maximum absolute atomic E-state index is 13.3. The van der Waals surface area contributed by atoms with E-state index in [0.717, 1.165) is 5.56 Å². The molecule has 3 aromatic rings. The number of nitrogens with zero attached hydrogens (tertiary/aromatic N) is 3. The average Bonchev–Trinajstić information content (AvgIpc) is 3.54. The molecule has 11 heteroatoms. The molecule has 0 bridgehead atoms. The van der Waals surface area contributed by atoms with E-state index in [9.17, 15) is 18.0 Å². The number of hydrogen-bond donors (Lipinski definition) is 1. The Kier molecular flexibility index (Phi) is 6.34. The van der Waals surface area contributed by atoms with E-state index < -0.39 is 27.9 Å². The van der Waals surface area contributed by atoms with Crippen molar-refractivity contribution in [3.8, 4) is 11.3 Å². The van der Waals surface area contributed by atoms with E-state index in [2.05, 4.69) is 10.5 Å². The third-order valence-corrected chi connectivity index (χ3v) is 7.30. The van der Waals surface area contributed by atoms with E-state index in [-0.39, 0.29) is 23.7 Å². The van der Waals surface area contributed by atoms with E-state index in [0.29, 0.717) is 24.3 Å². The lowest BCUT2D eigenvalue weighted by Gasteiger charge is -2.23. The number of sulfonamides is 1. The molecule has 0 aliphatic carbocycles. The minimum absolute atomic E-state index is 0.0555. The molecule has 0 radical (unpaired) electrons. The Morgan fingerprint density at radius 3 is 2.82 bits per heavy atom. The molecule has 2 aromatic heterocycles. The third-order valence-electron chi connectivity index (χ3n) is 5.43. The molecule has 1 fully saturated rings. The first kappa shape index (κ1) is 22.7. The van der Waals surface area contributed by atoms with Crippen molar-refractivity contribution in [1.29, 1.82) is 0 Å². The fourth-order valence-electron chi connectivity index (χ4n) is 3.85. The van der Waals surface area contributed by atoms with E-state index in [1.165, 1.54) is 27.3 Å². The summed E-state index contributed by atoms with van der Waals surface area (Å²) in [7, 11) is -2.43. The van der Waals surface area contributed by atoms with Gasteiger partial charge in [0.25, 0.3) is 0 Å². The van der Waals surface area contributed by atoms with Crippen molar-refractivity contribution in [3.05, 3.63) is 54.5 Å². The quantitative estimate of drug-likeness (QED) is 0.524. The molecule has 4 rings (SSSR count). The highest BCUT2D eigenvalue weighted by molar-refractivity contribution is 7.89. The summed E-state index contributed by atoms with van der Waals surface area (Å²) in [5.74, 6) is -0.478. The molecule has 0 spiro atoms. The highest BCUT2D eigenvalue weighted by Crippen LogP contribution is 2.29. The largest absolute Gasteiger partial charge is 0.461 e. The van der Waals surface area contributed by atoms with Gasteiger partial charge in [-0.1, -0.05) is 17.3 Å². The van der Waals surface area contributed by atoms with Crippen LogP contribution >= 0.6 is 0 Å². The lowest BCUT2D eigenvalue weighted by atomic mass is 10.1. The van der Waals surface area contributed by atoms with E-state index in [1.807, 2.05) is 6.07 Å². The van der Waals surface area contributed by atoms with E-state index in [4.69, 9.17) is 9.26 Å². The van der Waals surface area contributed by atoms with Crippen LogP contribution in [0.2, 0.25) is 0 Å². The molecule has 1 saturated heterocycles. The number of carbonyl (C=O) groups excluding carboxylic acids is 2. The van der Waals surface area contributed by atoms with Crippen LogP contribution in [0, 0.1) is 0 Å². The minimum Gasteiger partial charge on any atom is -0.461 e. The Bertz CT molecular complexity index is 1270. The van der Waals surface area contributed by atoms with Crippen molar-refractivity contribution < 1.29 is 27.3 Å². The molecule has 1 aromatic carbocycles. The standard InChI is InChI=1S/C22H24N4O6S/c1-3-31-22(28)19-13-17(14-25(19)2)33(29,30)26-11-5-8-18(26)21(27)24-16-7-4-6-15(12-16)20-9-10-23-32-20/h4,6-7,9-10,12-14,18H,3,5,8,11H2,1-2H3,(H,24,27)/t18-/m1/s1. The van der Waals surface area contributed by atoms with Gasteiger partial charge in [-0.3, -0.25) is 4.79 Å². The number of aryl methyl sites for hydroxylation is 1. The Hall–Kier alpha value is -3.44. The number of rotatable bonds is 7. The molecular weight excluding hydrogens is 448 g/mol. The number of aromatic nitrogens is 2. The maximum atomic E-state index is 13.3. The number of amides is 1. The Morgan fingerprint density at radius 1 is 1.27 bits per heavy atom. The van der Waals surface area contributed by atoms with Gasteiger partial charge in [0.2, 0.25) is 15.9 Å². The molecule has 0 unspecified atom stereocenters. The van der Waals surface area contributed by atoms with Gasteiger partial charge in [0.1, 0.15) is 16.6 Å². The molecular formula is C22H24N4O6S. The maximum Gasteiger partial charge on any atom is 0.354 e. The van der Waals surface area contributed by atoms with Gasteiger partial charge in [-0.15, -0.1) is 0 Å². The van der Waals surface area contributed by atoms with Crippen molar-refractivity contribution in [2.24, 2.45) is 7.05 Å². The van der Waals surface area contributed by atoms with Gasteiger partial charge >= 0.3 is 5.97 Å². The smallest absolute Gasteiger partial charge is 0.354 e. The minimum atomic E-state index is -4.00. The zero-order chi connectivity index (χ0) is 23.6. The van der Waals surface area contributed by atoms with Crippen LogP contribution in [-0.2, 0) is 26.6 Å². The average molecular weight is 473 g/mol. The number of nitrogens with one attached hydrogen (secondary N) is 1. The van der Waals surface area contributed by atoms with E-state index in [1.54, 1.807) is 38.2 Å². The molecule has 10 nitrogen and oxygen atoms in total. The monoisotopic (exact) mass is 472 g/mol. The summed E-state index contributed by atoms with van der Waals surface area (Å²) in [6.07, 6.45) is 3.83. The van der Waals surface area contributed by atoms with Crippen LogP contribution in [0.3, 0.4) is 0 Å². The highest BCUT2D eigenvalue weighted by Gasteiger charge is 2.40. The van der Waals surface area contributed by atoms with Gasteiger partial charge in [0.05, 0.1) is 12.8 Å². The Balaban J connectivity index is 1.54. The lowest BCUT2D eigenvalue weighted by molar-refractivity contribution is -0.119. The second kappa shape index (κ2) is 9.20. The summed E-state index contributed by atoms with van der Waals surface area (Å²) >= 11 is 0. The van der Waals surface area contributed by atoms with Crippen LogP contribution in [0.25, 0.3) is 11.3 Å². The van der Waals surface area contributed by atoms with Crippen LogP contribution < -0.4 is 5.32 Å². The predicted molar refractivity (Wildman–Crippen MR) is 119 cm³/mol. The fourth-order valence-corrected chi connectivity index (χ4v) is 5.58. The number of benzene rings is 1. The van der Waals surface area contributed by atoms with Gasteiger partial charge in [0.15, 0.2) is 5.76 Å². The van der Waals surface area contributed by atoms with Gasteiger partial charge in [0, 0.05) is 37.1 Å². The van der Waals surface area contributed by atoms with Crippen LogP contribution in [-0.4, -0.2) is 53.5 Å². The van der Waals surface area contributed by atoms with Crippen molar-refractivity contribution >= 4 is 27.6 Å². The second-order valence-electron chi connectivity index (χ2n) is 7.61. The van der Waals surface area contributed by atoms with Crippen molar-refractivity contribution in [2.75, 3.05) is 18.5 Å². The number of carbonyl (C=O) groups is 2. The number of hydrogen-bond acceptors (Lipinski definition) is 7. The normalized spacial score (nSPS) is 16.6. The first-order valence-electron chi connectivity index (χ1n) is 10.5. The fraction of sp³-hybridized carbons (Fsp3) is 0.318. The summed E-state index contributed by atoms with van der Waals surface area (Å²) in [5.41, 5.74) is 1.37. The third kappa shape index (κ3) is 4.55. The SMILES string of the molecule is CCOC(=O)c1cc(S(=O)(=O)N2CCC[C@@H]2C(=O)Nc2cccc(-c3ccno3)c2)cn1C. The topological polar surface area (TPSA) is 124 Å². The highest BCUT2D eigenvalue weighted by atomic mass is 32.2. The van der Waals surface area contributed by atoms with Crippen molar-refractivity contribution in [2.45, 2.75) is 30.7 Å². The van der Waals surface area contributed by atoms with Crippen molar-refractivity contribution in [1.82, 2.24) is 14.0 Å². The summed E-state index contributed by atoms with van der Waals surface area (Å²) in [6.45, 7) is 2.06. The first-order valence-corrected chi connectivity index (χ1v) is 11.9. The Morgan fingerprint density at radius 2 is 2.09 bits per heavy atom. The molecule has 3 heterocycles. The predicted octanol–water partition coefficient (Wildman–Crippen LogP) is 2.65.